The van der Waals surface area contributed by atoms with Crippen LogP contribution in [-0.4, -0.2) is 39.7 Å². The zero-order chi connectivity index (χ0) is 25.1. The first-order valence-corrected chi connectivity index (χ1v) is 11.2. The Morgan fingerprint density at radius 1 is 1.06 bits per heavy atom. The van der Waals surface area contributed by atoms with Gasteiger partial charge in [0.15, 0.2) is 0 Å². The molecule has 2 amide bonds. The number of amides is 2. The molecule has 0 unspecified atom stereocenters. The molecule has 5 N–H and O–H groups in total. The van der Waals surface area contributed by atoms with E-state index in [-0.39, 0.29) is 11.0 Å². The van der Waals surface area contributed by atoms with Gasteiger partial charge < -0.3 is 15.8 Å². The van der Waals surface area contributed by atoms with Gasteiger partial charge in [-0.1, -0.05) is 63.4 Å². The molecule has 0 saturated carbocycles. The number of benzene rings is 2. The Hall–Kier alpha value is -2.68. The lowest BCUT2D eigenvalue weighted by molar-refractivity contribution is -0.0265. The Morgan fingerprint density at radius 3 is 2.12 bits per heavy atom. The van der Waals surface area contributed by atoms with Gasteiger partial charge in [-0.15, -0.1) is 0 Å². The molecule has 0 bridgehead atoms. The highest BCUT2D eigenvalue weighted by atomic mass is 16.4. The molecule has 2 rings (SSSR count). The maximum absolute atomic E-state index is 13.8. The molecule has 0 heterocycles. The molecule has 33 heavy (non-hydrogen) atoms. The van der Waals surface area contributed by atoms with Crippen LogP contribution in [-0.2, 0) is 0 Å². The Labute approximate surface area is 197 Å². The van der Waals surface area contributed by atoms with Crippen LogP contribution in [0.1, 0.15) is 77.9 Å². The summed E-state index contributed by atoms with van der Waals surface area (Å²) in [7, 11) is -1.71. The van der Waals surface area contributed by atoms with Crippen molar-refractivity contribution in [3.8, 4) is 0 Å². The maximum atomic E-state index is 13.8. The first-order chi connectivity index (χ1) is 15.2. The lowest BCUT2D eigenvalue weighted by Gasteiger charge is -2.49. The van der Waals surface area contributed by atoms with Crippen molar-refractivity contribution >= 4 is 24.4 Å². The van der Waals surface area contributed by atoms with E-state index >= 15 is 0 Å². The number of carbonyl (C=O) groups excluding carboxylic acids is 2. The topological polar surface area (TPSA) is 116 Å². The van der Waals surface area contributed by atoms with Crippen molar-refractivity contribution in [2.45, 2.75) is 67.0 Å². The Bertz CT molecular complexity index is 1010. The van der Waals surface area contributed by atoms with Gasteiger partial charge in [-0.3, -0.25) is 15.0 Å². The second kappa shape index (κ2) is 10.1. The average Bonchev–Trinajstić information content (AvgIpc) is 2.69. The van der Waals surface area contributed by atoms with Crippen LogP contribution in [0.4, 0.5) is 0 Å². The molecular formula is C25H36BN3O4. The zero-order valence-electron chi connectivity index (χ0n) is 20.7. The molecule has 8 heteroatoms. The minimum Gasteiger partial charge on any atom is -0.423 e. The van der Waals surface area contributed by atoms with E-state index in [9.17, 15) is 19.6 Å². The van der Waals surface area contributed by atoms with Crippen LogP contribution in [0.15, 0.2) is 36.4 Å². The minimum atomic E-state index is -1.71. The monoisotopic (exact) mass is 453 g/mol. The molecule has 0 aliphatic rings. The van der Waals surface area contributed by atoms with Crippen molar-refractivity contribution in [3.63, 3.8) is 0 Å². The molecule has 178 valence electrons. The van der Waals surface area contributed by atoms with E-state index < -0.39 is 30.0 Å². The van der Waals surface area contributed by atoms with Gasteiger partial charge in [0.25, 0.3) is 11.8 Å². The van der Waals surface area contributed by atoms with Crippen LogP contribution in [0.5, 0.6) is 0 Å². The number of hydrogen-bond acceptors (Lipinski definition) is 5. The molecule has 0 aliphatic carbocycles. The molecule has 0 aliphatic heterocycles. The van der Waals surface area contributed by atoms with Crippen LogP contribution in [0, 0.1) is 26.2 Å². The summed E-state index contributed by atoms with van der Waals surface area (Å²) in [5, 5.41) is 20.5. The summed E-state index contributed by atoms with van der Waals surface area (Å²) in [6.07, 6.45) is 1.16. The standard InChI is InChI=1S/C25H36BN3O4/c1-8-12-25(27,24(5,6)7)29(23(31)19-14-16(2)13-17(3)15-19)28-22(30)20-10-9-11-21(18(20)4)26(32)33/h9-11,13-15,32-33H,8,12,27H2,1-7H3,(H,28,30)/t25-/m1/s1. The number of hydrogen-bond donors (Lipinski definition) is 4. The first-order valence-electron chi connectivity index (χ1n) is 11.2. The van der Waals surface area contributed by atoms with Crippen LogP contribution in [0.3, 0.4) is 0 Å². The second-order valence-corrected chi connectivity index (χ2v) is 9.78. The van der Waals surface area contributed by atoms with Gasteiger partial charge in [0.2, 0.25) is 0 Å². The third-order valence-electron chi connectivity index (χ3n) is 6.11. The summed E-state index contributed by atoms with van der Waals surface area (Å²) in [6, 6.07) is 10.2. The fraction of sp³-hybridized carbons (Fsp3) is 0.440. The van der Waals surface area contributed by atoms with E-state index in [0.717, 1.165) is 11.1 Å². The van der Waals surface area contributed by atoms with Crippen molar-refractivity contribution in [1.82, 2.24) is 10.4 Å². The number of hydrazine groups is 1. The summed E-state index contributed by atoms with van der Waals surface area (Å²) in [5.74, 6) is -0.958. The van der Waals surface area contributed by atoms with E-state index in [4.69, 9.17) is 5.73 Å². The van der Waals surface area contributed by atoms with Gasteiger partial charge in [0.1, 0.15) is 5.66 Å². The summed E-state index contributed by atoms with van der Waals surface area (Å²) in [6.45, 7) is 13.2. The number of nitrogens with zero attached hydrogens (tertiary/aromatic N) is 1. The van der Waals surface area contributed by atoms with E-state index in [1.165, 1.54) is 11.1 Å². The largest absolute Gasteiger partial charge is 0.488 e. The zero-order valence-corrected chi connectivity index (χ0v) is 20.7. The molecule has 0 aromatic heterocycles. The molecular weight excluding hydrogens is 417 g/mol. The van der Waals surface area contributed by atoms with Crippen molar-refractivity contribution in [2.24, 2.45) is 11.1 Å². The Kier molecular flexibility index (Phi) is 8.11. The molecule has 0 fully saturated rings. The van der Waals surface area contributed by atoms with E-state index in [1.807, 2.05) is 47.6 Å². The van der Waals surface area contributed by atoms with E-state index in [2.05, 4.69) is 5.43 Å². The van der Waals surface area contributed by atoms with Crippen LogP contribution >= 0.6 is 0 Å². The minimum absolute atomic E-state index is 0.221. The van der Waals surface area contributed by atoms with E-state index in [0.29, 0.717) is 24.0 Å². The highest BCUT2D eigenvalue weighted by Gasteiger charge is 2.46. The van der Waals surface area contributed by atoms with Gasteiger partial charge in [-0.2, -0.15) is 0 Å². The quantitative estimate of drug-likeness (QED) is 0.305. The van der Waals surface area contributed by atoms with E-state index in [1.54, 1.807) is 31.2 Å². The summed E-state index contributed by atoms with van der Waals surface area (Å²) < 4.78 is 0. The Balaban J connectivity index is 2.61. The fourth-order valence-electron chi connectivity index (χ4n) is 4.10. The van der Waals surface area contributed by atoms with Gasteiger partial charge in [-0.05, 0) is 56.4 Å². The lowest BCUT2D eigenvalue weighted by Crippen LogP contribution is -2.70. The molecule has 0 spiro atoms. The normalized spacial score (nSPS) is 13.3. The third kappa shape index (κ3) is 5.64. The van der Waals surface area contributed by atoms with Gasteiger partial charge >= 0.3 is 7.12 Å². The number of carbonyl (C=O) groups is 2. The predicted molar refractivity (Wildman–Crippen MR) is 132 cm³/mol. The van der Waals surface area contributed by atoms with Crippen molar-refractivity contribution in [3.05, 3.63) is 64.2 Å². The average molecular weight is 453 g/mol. The van der Waals surface area contributed by atoms with Gasteiger partial charge in [0.05, 0.1) is 0 Å². The van der Waals surface area contributed by atoms with Crippen molar-refractivity contribution < 1.29 is 19.6 Å². The highest BCUT2D eigenvalue weighted by Crippen LogP contribution is 2.35. The number of aryl methyl sites for hydroxylation is 2. The number of rotatable bonds is 6. The first kappa shape index (κ1) is 26.6. The third-order valence-corrected chi connectivity index (χ3v) is 6.11. The molecule has 1 atom stereocenters. The summed E-state index contributed by atoms with van der Waals surface area (Å²) in [5.41, 5.74) is 11.1. The number of nitrogens with two attached hydrogens (primary N) is 1. The predicted octanol–water partition coefficient (Wildman–Crippen LogP) is 2.58. The Morgan fingerprint density at radius 2 is 1.64 bits per heavy atom. The van der Waals surface area contributed by atoms with Crippen LogP contribution < -0.4 is 16.6 Å². The van der Waals surface area contributed by atoms with Crippen LogP contribution in [0.25, 0.3) is 0 Å². The second-order valence-electron chi connectivity index (χ2n) is 9.78. The molecule has 2 aromatic rings. The lowest BCUT2D eigenvalue weighted by atomic mass is 9.76. The SMILES string of the molecule is CCC[C@@](N)(N(NC(=O)c1cccc(B(O)O)c1C)C(=O)c1cc(C)cc(C)c1)C(C)(C)C. The van der Waals surface area contributed by atoms with Crippen molar-refractivity contribution in [2.75, 3.05) is 0 Å². The maximum Gasteiger partial charge on any atom is 0.488 e. The molecule has 2 aromatic carbocycles. The van der Waals surface area contributed by atoms with Gasteiger partial charge in [0, 0.05) is 16.5 Å². The smallest absolute Gasteiger partial charge is 0.423 e. The molecule has 0 radical (unpaired) electrons. The fourth-order valence-corrected chi connectivity index (χ4v) is 4.10. The highest BCUT2D eigenvalue weighted by molar-refractivity contribution is 6.59. The van der Waals surface area contributed by atoms with Gasteiger partial charge in [-0.25, -0.2) is 5.01 Å². The summed E-state index contributed by atoms with van der Waals surface area (Å²) >= 11 is 0. The number of nitrogens with one attached hydrogen (secondary N) is 1. The summed E-state index contributed by atoms with van der Waals surface area (Å²) in [4.78, 5) is 27.2. The molecule has 0 saturated heterocycles. The molecule has 7 nitrogen and oxygen atoms in total. The van der Waals surface area contributed by atoms with Crippen LogP contribution in [0.2, 0.25) is 0 Å². The van der Waals surface area contributed by atoms with Crippen molar-refractivity contribution in [1.29, 1.82) is 0 Å².